The van der Waals surface area contributed by atoms with E-state index in [1.54, 1.807) is 9.80 Å². The van der Waals surface area contributed by atoms with Crippen LogP contribution in [0, 0.1) is 0 Å². The zero-order valence-corrected chi connectivity index (χ0v) is 29.6. The van der Waals surface area contributed by atoms with Gasteiger partial charge in [-0.2, -0.15) is 0 Å². The highest BCUT2D eigenvalue weighted by Gasteiger charge is 2.56. The highest BCUT2D eigenvalue weighted by Crippen LogP contribution is 2.36. The number of benzene rings is 4. The van der Waals surface area contributed by atoms with Crippen molar-refractivity contribution < 1.29 is 38.1 Å². The third-order valence-electron chi connectivity index (χ3n) is 10.4. The number of nitrogens with zero attached hydrogens (tertiary/aromatic N) is 2. The minimum Gasteiger partial charge on any atom is -0.352 e. The number of carbonyl (C=O) groups is 4. The molecule has 0 aromatic heterocycles. The Morgan fingerprint density at radius 3 is 1.17 bits per heavy atom. The summed E-state index contributed by atoms with van der Waals surface area (Å²) in [5.74, 6) is -1.67. The predicted molar refractivity (Wildman–Crippen MR) is 195 cm³/mol. The van der Waals surface area contributed by atoms with Crippen molar-refractivity contribution in [1.29, 1.82) is 0 Å². The molecule has 278 valence electrons. The summed E-state index contributed by atoms with van der Waals surface area (Å²) >= 11 is 0. The maximum absolute atomic E-state index is 13.9. The summed E-state index contributed by atoms with van der Waals surface area (Å²) < 4.78 is 24.3. The van der Waals surface area contributed by atoms with Gasteiger partial charge in [0.15, 0.2) is 37.0 Å². The van der Waals surface area contributed by atoms with E-state index in [9.17, 15) is 19.2 Å². The fourth-order valence-corrected chi connectivity index (χ4v) is 7.66. The van der Waals surface area contributed by atoms with Crippen molar-refractivity contribution in [1.82, 2.24) is 20.4 Å². The van der Waals surface area contributed by atoms with Gasteiger partial charge in [-0.05, 0) is 35.1 Å². The van der Waals surface area contributed by atoms with Crippen molar-refractivity contribution in [2.75, 3.05) is 13.1 Å². The van der Waals surface area contributed by atoms with Gasteiger partial charge in [-0.25, -0.2) is 0 Å². The van der Waals surface area contributed by atoms with Crippen LogP contribution in [0.5, 0.6) is 0 Å². The molecule has 0 aliphatic carbocycles. The molecule has 54 heavy (non-hydrogen) atoms. The van der Waals surface area contributed by atoms with E-state index >= 15 is 0 Å². The lowest BCUT2D eigenvalue weighted by Gasteiger charge is -2.38. The fourth-order valence-electron chi connectivity index (χ4n) is 7.66. The monoisotopic (exact) mass is 730 g/mol. The highest BCUT2D eigenvalue weighted by atomic mass is 16.7. The van der Waals surface area contributed by atoms with E-state index in [1.165, 1.54) is 0 Å². The van der Waals surface area contributed by atoms with E-state index in [1.807, 2.05) is 121 Å². The second-order valence-electron chi connectivity index (χ2n) is 14.0. The molecule has 0 spiro atoms. The molecular formula is C42H42N4O8. The summed E-state index contributed by atoms with van der Waals surface area (Å²) in [6.07, 6.45) is -5.12. The van der Waals surface area contributed by atoms with E-state index in [2.05, 4.69) is 10.6 Å². The van der Waals surface area contributed by atoms with Gasteiger partial charge in [0.25, 0.3) is 23.6 Å². The minimum absolute atomic E-state index is 0.0452. The first kappa shape index (κ1) is 35.6. The molecule has 4 fully saturated rings. The number of hydrogen-bond donors (Lipinski definition) is 2. The molecule has 8 atom stereocenters. The minimum atomic E-state index is -1.15. The van der Waals surface area contributed by atoms with Gasteiger partial charge < -0.3 is 39.4 Å². The molecule has 0 saturated carbocycles. The van der Waals surface area contributed by atoms with Crippen molar-refractivity contribution in [2.45, 2.75) is 75.0 Å². The molecule has 8 unspecified atom stereocenters. The number of ether oxygens (including phenoxy) is 4. The van der Waals surface area contributed by atoms with Crippen molar-refractivity contribution in [3.8, 4) is 0 Å². The predicted octanol–water partition coefficient (Wildman–Crippen LogP) is 2.75. The Morgan fingerprint density at radius 1 is 0.481 bits per heavy atom. The summed E-state index contributed by atoms with van der Waals surface area (Å²) in [6, 6.07) is 38.0. The van der Waals surface area contributed by atoms with Gasteiger partial charge in [0.05, 0.1) is 12.1 Å². The third kappa shape index (κ3) is 7.51. The molecule has 4 aromatic carbocycles. The number of morpholine rings is 2. The number of amides is 4. The van der Waals surface area contributed by atoms with Gasteiger partial charge in [0.2, 0.25) is 0 Å². The number of nitrogens with one attached hydrogen (secondary N) is 2. The second kappa shape index (κ2) is 15.9. The zero-order valence-electron chi connectivity index (χ0n) is 29.6. The van der Waals surface area contributed by atoms with Crippen LogP contribution in [0.2, 0.25) is 0 Å². The van der Waals surface area contributed by atoms with Crippen LogP contribution in [0.15, 0.2) is 121 Å². The van der Waals surface area contributed by atoms with Crippen LogP contribution in [0.25, 0.3) is 0 Å². The van der Waals surface area contributed by atoms with Gasteiger partial charge in [0.1, 0.15) is 0 Å². The van der Waals surface area contributed by atoms with E-state index in [0.717, 1.165) is 22.3 Å². The Morgan fingerprint density at radius 2 is 0.815 bits per heavy atom. The van der Waals surface area contributed by atoms with Crippen LogP contribution in [-0.4, -0.2) is 95.6 Å². The Hall–Kier alpha value is -5.40. The third-order valence-corrected chi connectivity index (χ3v) is 10.4. The van der Waals surface area contributed by atoms with E-state index in [4.69, 9.17) is 18.9 Å². The summed E-state index contributed by atoms with van der Waals surface area (Å²) in [7, 11) is 0. The molecule has 4 amide bonds. The summed E-state index contributed by atoms with van der Waals surface area (Å²) in [5.41, 5.74) is 3.95. The Bertz CT molecular complexity index is 1790. The van der Waals surface area contributed by atoms with Gasteiger partial charge >= 0.3 is 0 Å². The summed E-state index contributed by atoms with van der Waals surface area (Å²) in [5, 5.41) is 5.56. The molecule has 4 aliphatic heterocycles. The molecule has 4 aliphatic rings. The van der Waals surface area contributed by atoms with Crippen LogP contribution in [0.1, 0.15) is 22.3 Å². The van der Waals surface area contributed by atoms with Crippen LogP contribution in [-0.2, 0) is 64.1 Å². The van der Waals surface area contributed by atoms with Crippen LogP contribution in [0.3, 0.4) is 0 Å². The van der Waals surface area contributed by atoms with Crippen LogP contribution < -0.4 is 10.6 Å². The van der Waals surface area contributed by atoms with Gasteiger partial charge in [-0.3, -0.25) is 19.2 Å². The molecule has 4 bridgehead atoms. The molecule has 4 aromatic rings. The topological polar surface area (TPSA) is 136 Å². The zero-order chi connectivity index (χ0) is 37.0. The Kier molecular flexibility index (Phi) is 10.5. The first-order valence-corrected chi connectivity index (χ1v) is 18.4. The molecular weight excluding hydrogens is 688 g/mol. The first-order chi connectivity index (χ1) is 26.4. The average molecular weight is 731 g/mol. The summed E-state index contributed by atoms with van der Waals surface area (Å²) in [4.78, 5) is 58.1. The van der Waals surface area contributed by atoms with Gasteiger partial charge in [-0.1, -0.05) is 121 Å². The van der Waals surface area contributed by atoms with E-state index in [-0.39, 0.29) is 24.9 Å². The molecule has 0 radical (unpaired) electrons. The summed E-state index contributed by atoms with van der Waals surface area (Å²) in [6.45, 7) is 0.796. The molecule has 2 N–H and O–H groups in total. The fraction of sp³-hybridized carbons (Fsp3) is 0.333. The SMILES string of the molecule is O=C(NCCNC(=O)C1OC2OC1C(=O)N(Cc1ccccc1)C2Cc1ccccc1)C1OC2OC1C(=O)N(Cc1ccccc1)C2Cc1ccccc1. The van der Waals surface area contributed by atoms with Crippen molar-refractivity contribution in [2.24, 2.45) is 0 Å². The molecule has 4 heterocycles. The Balaban J connectivity index is 0.883. The lowest BCUT2D eigenvalue weighted by Crippen LogP contribution is -2.57. The maximum atomic E-state index is 13.9. The number of hydrogen-bond acceptors (Lipinski definition) is 8. The molecule has 12 heteroatoms. The first-order valence-electron chi connectivity index (χ1n) is 18.4. The van der Waals surface area contributed by atoms with E-state index in [0.29, 0.717) is 25.9 Å². The maximum Gasteiger partial charge on any atom is 0.255 e. The van der Waals surface area contributed by atoms with Gasteiger partial charge in [-0.15, -0.1) is 0 Å². The smallest absolute Gasteiger partial charge is 0.255 e. The lowest BCUT2D eigenvalue weighted by atomic mass is 10.0. The van der Waals surface area contributed by atoms with Gasteiger partial charge in [0, 0.05) is 26.2 Å². The van der Waals surface area contributed by atoms with Crippen molar-refractivity contribution >= 4 is 23.6 Å². The normalized spacial score (nSPS) is 27.2. The highest BCUT2D eigenvalue weighted by molar-refractivity contribution is 5.93. The number of fused-ring (bicyclic) bond motifs is 4. The van der Waals surface area contributed by atoms with Crippen molar-refractivity contribution in [3.63, 3.8) is 0 Å². The van der Waals surface area contributed by atoms with Crippen molar-refractivity contribution in [3.05, 3.63) is 144 Å². The number of carbonyl (C=O) groups excluding carboxylic acids is 4. The van der Waals surface area contributed by atoms with Crippen LogP contribution >= 0.6 is 0 Å². The molecule has 12 nitrogen and oxygen atoms in total. The second-order valence-corrected chi connectivity index (χ2v) is 14.0. The largest absolute Gasteiger partial charge is 0.352 e. The van der Waals surface area contributed by atoms with E-state index < -0.39 is 60.9 Å². The molecule has 8 rings (SSSR count). The molecule has 4 saturated heterocycles. The standard InChI is InChI=1S/C42H42N4O8/c47-37(33-35-39(49)45(25-29-17-9-3-10-18-29)31(41(51-33)53-35)23-27-13-5-1-6-14-27)43-21-22-44-38(48)34-36-40(50)46(26-30-19-11-4-12-20-30)32(42(52-34)54-36)24-28-15-7-2-8-16-28/h1-20,31-36,41-42H,21-26H2,(H,43,47)(H,44,48). The number of rotatable bonds is 13. The quantitative estimate of drug-likeness (QED) is 0.201. The van der Waals surface area contributed by atoms with Crippen LogP contribution in [0.4, 0.5) is 0 Å². The Labute approximate surface area is 313 Å². The lowest BCUT2D eigenvalue weighted by molar-refractivity contribution is -0.177. The average Bonchev–Trinajstić information content (AvgIpc) is 3.82.